The molecule has 0 saturated carbocycles. The third-order valence-electron chi connectivity index (χ3n) is 2.17. The van der Waals surface area contributed by atoms with Crippen LogP contribution < -0.4 is 0 Å². The lowest BCUT2D eigenvalue weighted by atomic mass is 10.3. The first kappa shape index (κ1) is 12.2. The predicted octanol–water partition coefficient (Wildman–Crippen LogP) is 1.43. The first-order valence-electron chi connectivity index (χ1n) is 5.02. The van der Waals surface area contributed by atoms with E-state index in [9.17, 15) is 8.42 Å². The zero-order valence-electron chi connectivity index (χ0n) is 8.88. The average Bonchev–Trinajstić information content (AvgIpc) is 2.36. The molecular formula is C10H10ClN3O2S. The van der Waals surface area contributed by atoms with Crippen molar-refractivity contribution < 1.29 is 8.42 Å². The Morgan fingerprint density at radius 1 is 1.12 bits per heavy atom. The fourth-order valence-electron chi connectivity index (χ4n) is 1.33. The summed E-state index contributed by atoms with van der Waals surface area (Å²) in [6.45, 7) is 0. The van der Waals surface area contributed by atoms with Crippen molar-refractivity contribution in [2.24, 2.45) is 0 Å². The minimum absolute atomic E-state index is 0.0590. The van der Waals surface area contributed by atoms with Crippen LogP contribution in [0.2, 0.25) is 0 Å². The maximum absolute atomic E-state index is 11.8. The molecule has 0 radical (unpaired) electrons. The molecule has 5 nitrogen and oxygen atoms in total. The molecule has 0 aliphatic rings. The number of hydrogen-bond acceptors (Lipinski definition) is 5. The normalized spacial score (nSPS) is 11.8. The number of fused-ring (bicyclic) bond motifs is 1. The largest absolute Gasteiger partial charge is 0.268 e. The van der Waals surface area contributed by atoms with Crippen LogP contribution in [-0.2, 0) is 9.84 Å². The number of hydrogen-bond donors (Lipinski definition) is 0. The van der Waals surface area contributed by atoms with E-state index in [2.05, 4.69) is 15.2 Å². The molecule has 0 saturated heterocycles. The molecule has 0 spiro atoms. The number of rotatable bonds is 4. The van der Waals surface area contributed by atoms with E-state index < -0.39 is 9.84 Å². The SMILES string of the molecule is O=S(=O)(CCCCl)c1nnc2ccccc2n1. The predicted molar refractivity (Wildman–Crippen MR) is 64.7 cm³/mol. The second-order valence-electron chi connectivity index (χ2n) is 3.44. The molecule has 7 heteroatoms. The molecule has 0 unspecified atom stereocenters. The van der Waals surface area contributed by atoms with Crippen LogP contribution in [0.15, 0.2) is 29.4 Å². The van der Waals surface area contributed by atoms with Crippen molar-refractivity contribution in [3.8, 4) is 0 Å². The quantitative estimate of drug-likeness (QED) is 0.787. The number of alkyl halides is 1. The van der Waals surface area contributed by atoms with Gasteiger partial charge in [-0.2, -0.15) is 0 Å². The van der Waals surface area contributed by atoms with Gasteiger partial charge in [0, 0.05) is 5.88 Å². The van der Waals surface area contributed by atoms with Crippen molar-refractivity contribution in [3.05, 3.63) is 24.3 Å². The third kappa shape index (κ3) is 2.70. The first-order valence-corrected chi connectivity index (χ1v) is 7.20. The number of aromatic nitrogens is 3. The standard InChI is InChI=1S/C10H10ClN3O2S/c11-6-3-7-17(15,16)10-12-8-4-1-2-5-9(8)13-14-10/h1-2,4-5H,3,6-7H2. The Hall–Kier alpha value is -1.27. The maximum atomic E-state index is 11.8. The minimum atomic E-state index is -3.48. The van der Waals surface area contributed by atoms with Crippen LogP contribution in [0, 0.1) is 0 Å². The molecule has 2 aromatic rings. The van der Waals surface area contributed by atoms with E-state index in [0.29, 0.717) is 23.3 Å². The smallest absolute Gasteiger partial charge is 0.220 e. The second kappa shape index (κ2) is 4.93. The van der Waals surface area contributed by atoms with Gasteiger partial charge in [0.1, 0.15) is 5.52 Å². The zero-order chi connectivity index (χ0) is 12.3. The van der Waals surface area contributed by atoms with Crippen LogP contribution in [0.4, 0.5) is 0 Å². The summed E-state index contributed by atoms with van der Waals surface area (Å²) in [6.07, 6.45) is 0.375. The van der Waals surface area contributed by atoms with Gasteiger partial charge in [0.25, 0.3) is 5.16 Å². The van der Waals surface area contributed by atoms with E-state index in [1.807, 2.05) is 0 Å². The van der Waals surface area contributed by atoms with Crippen LogP contribution in [-0.4, -0.2) is 35.2 Å². The molecule has 17 heavy (non-hydrogen) atoms. The molecule has 0 aliphatic heterocycles. The molecule has 1 heterocycles. The summed E-state index contributed by atoms with van der Waals surface area (Å²) in [7, 11) is -3.48. The van der Waals surface area contributed by atoms with E-state index in [0.717, 1.165) is 0 Å². The molecular weight excluding hydrogens is 262 g/mol. The molecule has 1 aromatic heterocycles. The van der Waals surface area contributed by atoms with E-state index in [-0.39, 0.29) is 10.9 Å². The van der Waals surface area contributed by atoms with Crippen molar-refractivity contribution >= 4 is 32.5 Å². The summed E-state index contributed by atoms with van der Waals surface area (Å²) in [5.41, 5.74) is 1.09. The molecule has 2 rings (SSSR count). The average molecular weight is 272 g/mol. The Labute approximate surface area is 104 Å². The number of halogens is 1. The van der Waals surface area contributed by atoms with Crippen molar-refractivity contribution in [3.63, 3.8) is 0 Å². The molecule has 0 amide bonds. The fraction of sp³-hybridized carbons (Fsp3) is 0.300. The zero-order valence-corrected chi connectivity index (χ0v) is 10.4. The van der Waals surface area contributed by atoms with Gasteiger partial charge in [-0.25, -0.2) is 13.4 Å². The van der Waals surface area contributed by atoms with Gasteiger partial charge in [-0.3, -0.25) is 0 Å². The van der Waals surface area contributed by atoms with Crippen molar-refractivity contribution in [2.45, 2.75) is 11.6 Å². The minimum Gasteiger partial charge on any atom is -0.220 e. The molecule has 0 fully saturated rings. The Kier molecular flexibility index (Phi) is 3.54. The number of benzene rings is 1. The lowest BCUT2D eigenvalue weighted by Gasteiger charge is -2.01. The summed E-state index contributed by atoms with van der Waals surface area (Å²) in [6, 6.07) is 6.99. The van der Waals surface area contributed by atoms with Gasteiger partial charge < -0.3 is 0 Å². The topological polar surface area (TPSA) is 72.8 Å². The van der Waals surface area contributed by atoms with Gasteiger partial charge >= 0.3 is 0 Å². The van der Waals surface area contributed by atoms with Gasteiger partial charge in [-0.1, -0.05) is 12.1 Å². The molecule has 0 atom stereocenters. The van der Waals surface area contributed by atoms with Gasteiger partial charge in [-0.15, -0.1) is 21.8 Å². The highest BCUT2D eigenvalue weighted by Crippen LogP contribution is 2.11. The first-order chi connectivity index (χ1) is 8.13. The van der Waals surface area contributed by atoms with Gasteiger partial charge in [0.2, 0.25) is 9.84 Å². The Morgan fingerprint density at radius 2 is 1.82 bits per heavy atom. The number of sulfone groups is 1. The van der Waals surface area contributed by atoms with E-state index in [1.165, 1.54) is 0 Å². The van der Waals surface area contributed by atoms with Gasteiger partial charge in [0.05, 0.1) is 11.3 Å². The van der Waals surface area contributed by atoms with E-state index >= 15 is 0 Å². The monoisotopic (exact) mass is 271 g/mol. The second-order valence-corrected chi connectivity index (χ2v) is 5.83. The fourth-order valence-corrected chi connectivity index (χ4v) is 2.73. The highest BCUT2D eigenvalue weighted by Gasteiger charge is 2.18. The van der Waals surface area contributed by atoms with Crippen molar-refractivity contribution in [1.82, 2.24) is 15.2 Å². The van der Waals surface area contributed by atoms with Crippen molar-refractivity contribution in [1.29, 1.82) is 0 Å². The molecule has 0 N–H and O–H groups in total. The third-order valence-corrected chi connectivity index (χ3v) is 3.99. The molecule has 90 valence electrons. The Morgan fingerprint density at radius 3 is 2.53 bits per heavy atom. The van der Waals surface area contributed by atoms with E-state index in [4.69, 9.17) is 11.6 Å². The van der Waals surface area contributed by atoms with Crippen LogP contribution in [0.3, 0.4) is 0 Å². The summed E-state index contributed by atoms with van der Waals surface area (Å²) in [5, 5.41) is 7.24. The molecule has 0 bridgehead atoms. The lowest BCUT2D eigenvalue weighted by Crippen LogP contribution is -2.12. The van der Waals surface area contributed by atoms with Gasteiger partial charge in [-0.05, 0) is 18.6 Å². The number of nitrogens with zero attached hydrogens (tertiary/aromatic N) is 3. The lowest BCUT2D eigenvalue weighted by molar-refractivity contribution is 0.583. The van der Waals surface area contributed by atoms with Crippen LogP contribution in [0.25, 0.3) is 11.0 Å². The maximum Gasteiger partial charge on any atom is 0.268 e. The van der Waals surface area contributed by atoms with Crippen molar-refractivity contribution in [2.75, 3.05) is 11.6 Å². The van der Waals surface area contributed by atoms with Crippen LogP contribution in [0.1, 0.15) is 6.42 Å². The van der Waals surface area contributed by atoms with Crippen LogP contribution in [0.5, 0.6) is 0 Å². The summed E-state index contributed by atoms with van der Waals surface area (Å²) < 4.78 is 23.6. The van der Waals surface area contributed by atoms with Gasteiger partial charge in [0.15, 0.2) is 0 Å². The summed E-state index contributed by atoms with van der Waals surface area (Å²) in [5.74, 6) is 0.233. The van der Waals surface area contributed by atoms with E-state index in [1.54, 1.807) is 24.3 Å². The highest BCUT2D eigenvalue weighted by molar-refractivity contribution is 7.91. The number of para-hydroxylation sites is 1. The summed E-state index contributed by atoms with van der Waals surface area (Å²) in [4.78, 5) is 4.00. The Bertz CT molecular complexity index is 630. The summed E-state index contributed by atoms with van der Waals surface area (Å²) >= 11 is 5.47. The van der Waals surface area contributed by atoms with Crippen LogP contribution >= 0.6 is 11.6 Å². The highest BCUT2D eigenvalue weighted by atomic mass is 35.5. The Balaban J connectivity index is 2.42. The molecule has 0 aliphatic carbocycles. The molecule has 1 aromatic carbocycles.